The van der Waals surface area contributed by atoms with Gasteiger partial charge >= 0.3 is 5.97 Å². The normalized spacial score (nSPS) is 47.1. The Bertz CT molecular complexity index is 535. The van der Waals surface area contributed by atoms with Crippen molar-refractivity contribution in [3.63, 3.8) is 0 Å². The van der Waals surface area contributed by atoms with Crippen molar-refractivity contribution in [2.75, 3.05) is 7.11 Å². The highest BCUT2D eigenvalue weighted by molar-refractivity contribution is 5.99. The van der Waals surface area contributed by atoms with Gasteiger partial charge in [0.05, 0.1) is 7.11 Å². The predicted octanol–water partition coefficient (Wildman–Crippen LogP) is 1.39. The van der Waals surface area contributed by atoms with Gasteiger partial charge in [0.1, 0.15) is 11.6 Å². The molecule has 4 aliphatic carbocycles. The van der Waals surface area contributed by atoms with E-state index in [1.165, 1.54) is 7.11 Å². The lowest BCUT2D eigenvalue weighted by Gasteiger charge is -2.34. The van der Waals surface area contributed by atoms with Crippen molar-refractivity contribution in [3.8, 4) is 0 Å². The monoisotopic (exact) mass is 274 g/mol. The van der Waals surface area contributed by atoms with Crippen LogP contribution in [0.15, 0.2) is 12.2 Å². The summed E-state index contributed by atoms with van der Waals surface area (Å²) in [4.78, 5) is 35.9. The van der Waals surface area contributed by atoms with Crippen LogP contribution >= 0.6 is 0 Å². The molecule has 4 bridgehead atoms. The fraction of sp³-hybridized carbons (Fsp3) is 0.688. The van der Waals surface area contributed by atoms with Crippen LogP contribution in [-0.4, -0.2) is 24.6 Å². The SMILES string of the molecule is COC(=O)CCC1CC2C(=O)C1C1C3C=CC(C3=O)C21. The van der Waals surface area contributed by atoms with Crippen molar-refractivity contribution < 1.29 is 19.1 Å². The Balaban J connectivity index is 1.56. The minimum atomic E-state index is -0.208. The number of hydrogen-bond donors (Lipinski definition) is 0. The van der Waals surface area contributed by atoms with Crippen molar-refractivity contribution in [2.45, 2.75) is 19.3 Å². The summed E-state index contributed by atoms with van der Waals surface area (Å²) in [6.07, 6.45) is 6.00. The summed E-state index contributed by atoms with van der Waals surface area (Å²) in [6.45, 7) is 0. The number of hydrogen-bond acceptors (Lipinski definition) is 4. The van der Waals surface area contributed by atoms with Crippen LogP contribution in [0.4, 0.5) is 0 Å². The predicted molar refractivity (Wildman–Crippen MR) is 69.5 cm³/mol. The third-order valence-electron chi connectivity index (χ3n) is 6.04. The maximum Gasteiger partial charge on any atom is 0.305 e. The number of methoxy groups -OCH3 is 1. The Kier molecular flexibility index (Phi) is 2.48. The van der Waals surface area contributed by atoms with E-state index in [1.807, 2.05) is 12.2 Å². The molecule has 20 heavy (non-hydrogen) atoms. The largest absolute Gasteiger partial charge is 0.469 e. The smallest absolute Gasteiger partial charge is 0.305 e. The van der Waals surface area contributed by atoms with E-state index in [1.54, 1.807) is 0 Å². The van der Waals surface area contributed by atoms with E-state index in [-0.39, 0.29) is 47.4 Å². The molecular formula is C16H18O4. The lowest BCUT2D eigenvalue weighted by molar-refractivity contribution is -0.141. The summed E-state index contributed by atoms with van der Waals surface area (Å²) in [6, 6.07) is 0. The van der Waals surface area contributed by atoms with Crippen LogP contribution in [-0.2, 0) is 19.1 Å². The molecule has 0 radical (unpaired) electrons. The van der Waals surface area contributed by atoms with Crippen LogP contribution in [0.3, 0.4) is 0 Å². The zero-order valence-corrected chi connectivity index (χ0v) is 11.5. The topological polar surface area (TPSA) is 60.4 Å². The molecule has 7 unspecified atom stereocenters. The molecule has 0 aromatic carbocycles. The van der Waals surface area contributed by atoms with Crippen molar-refractivity contribution in [2.24, 2.45) is 41.4 Å². The van der Waals surface area contributed by atoms with Gasteiger partial charge in [-0.25, -0.2) is 0 Å². The molecule has 0 aromatic rings. The van der Waals surface area contributed by atoms with E-state index in [0.717, 1.165) is 12.8 Å². The first-order valence-corrected chi connectivity index (χ1v) is 7.46. The van der Waals surface area contributed by atoms with Gasteiger partial charge in [0.2, 0.25) is 0 Å². The van der Waals surface area contributed by atoms with Crippen molar-refractivity contribution in [1.82, 2.24) is 0 Å². The number of ether oxygens (including phenoxy) is 1. The molecule has 0 N–H and O–H groups in total. The summed E-state index contributed by atoms with van der Waals surface area (Å²) >= 11 is 0. The lowest BCUT2D eigenvalue weighted by atomic mass is 9.68. The first-order chi connectivity index (χ1) is 9.63. The highest BCUT2D eigenvalue weighted by Crippen LogP contribution is 2.64. The molecule has 4 aliphatic rings. The van der Waals surface area contributed by atoms with Gasteiger partial charge in [-0.05, 0) is 30.6 Å². The molecule has 7 atom stereocenters. The molecular weight excluding hydrogens is 256 g/mol. The zero-order valence-electron chi connectivity index (χ0n) is 11.5. The highest BCUT2D eigenvalue weighted by Gasteiger charge is 2.68. The Morgan fingerprint density at radius 2 is 1.90 bits per heavy atom. The zero-order chi connectivity index (χ0) is 14.0. The Labute approximate surface area is 117 Å². The standard InChI is InChI=1S/C16H18O4/c1-20-11(17)5-2-7-6-10-13-8-3-4-9(15(8)18)14(13)12(7)16(10)19/h3-4,7-10,12-14H,2,5-6H2,1H3. The molecule has 0 aliphatic heterocycles. The number of ketones is 2. The molecule has 0 heterocycles. The van der Waals surface area contributed by atoms with E-state index < -0.39 is 0 Å². The molecule has 3 fully saturated rings. The average molecular weight is 274 g/mol. The van der Waals surface area contributed by atoms with E-state index >= 15 is 0 Å². The number of carbonyl (C=O) groups excluding carboxylic acids is 3. The number of allylic oxidation sites excluding steroid dienone is 2. The first kappa shape index (κ1) is 12.3. The molecule has 4 heteroatoms. The molecule has 0 aromatic heterocycles. The van der Waals surface area contributed by atoms with Crippen molar-refractivity contribution in [1.29, 1.82) is 0 Å². The van der Waals surface area contributed by atoms with Crippen LogP contribution < -0.4 is 0 Å². The minimum Gasteiger partial charge on any atom is -0.469 e. The van der Waals surface area contributed by atoms with Gasteiger partial charge in [0.15, 0.2) is 0 Å². The summed E-state index contributed by atoms with van der Waals surface area (Å²) in [7, 11) is 1.39. The van der Waals surface area contributed by atoms with Gasteiger partial charge in [-0.2, -0.15) is 0 Å². The number of fused-ring (bicyclic) bond motifs is 9. The Hall–Kier alpha value is -1.45. The third kappa shape index (κ3) is 1.34. The Morgan fingerprint density at radius 3 is 2.60 bits per heavy atom. The summed E-state index contributed by atoms with van der Waals surface area (Å²) in [5, 5.41) is 0. The fourth-order valence-corrected chi connectivity index (χ4v) is 5.37. The second kappa shape index (κ2) is 4.03. The van der Waals surface area contributed by atoms with Crippen LogP contribution in [0, 0.1) is 41.4 Å². The van der Waals surface area contributed by atoms with Gasteiger partial charge < -0.3 is 4.74 Å². The van der Waals surface area contributed by atoms with E-state index in [2.05, 4.69) is 4.74 Å². The van der Waals surface area contributed by atoms with Crippen molar-refractivity contribution in [3.05, 3.63) is 12.2 Å². The number of rotatable bonds is 3. The third-order valence-corrected chi connectivity index (χ3v) is 6.04. The quantitative estimate of drug-likeness (QED) is 0.443. The molecule has 4 rings (SSSR count). The van der Waals surface area contributed by atoms with Crippen molar-refractivity contribution >= 4 is 17.5 Å². The molecule has 106 valence electrons. The Morgan fingerprint density at radius 1 is 1.20 bits per heavy atom. The highest BCUT2D eigenvalue weighted by atomic mass is 16.5. The maximum atomic E-state index is 12.5. The van der Waals surface area contributed by atoms with Gasteiger partial charge in [0, 0.05) is 30.1 Å². The van der Waals surface area contributed by atoms with Gasteiger partial charge in [-0.3, -0.25) is 14.4 Å². The molecule has 4 nitrogen and oxygen atoms in total. The minimum absolute atomic E-state index is 0.00510. The second-order valence-corrected chi connectivity index (χ2v) is 6.64. The number of esters is 1. The summed E-state index contributed by atoms with van der Waals surface area (Å²) in [5.74, 6) is 1.31. The molecule has 3 saturated carbocycles. The number of Topliss-reactive ketones (excluding diaryl/α,β-unsaturated/α-hetero) is 2. The van der Waals surface area contributed by atoms with Crippen LogP contribution in [0.5, 0.6) is 0 Å². The molecule has 0 saturated heterocycles. The first-order valence-electron chi connectivity index (χ1n) is 7.46. The average Bonchev–Trinajstić information content (AvgIpc) is 3.14. The van der Waals surface area contributed by atoms with Crippen LogP contribution in [0.25, 0.3) is 0 Å². The fourth-order valence-electron chi connectivity index (χ4n) is 5.37. The van der Waals surface area contributed by atoms with Gasteiger partial charge in [-0.15, -0.1) is 0 Å². The molecule has 0 amide bonds. The van der Waals surface area contributed by atoms with Crippen LogP contribution in [0.1, 0.15) is 19.3 Å². The second-order valence-electron chi connectivity index (χ2n) is 6.64. The van der Waals surface area contributed by atoms with E-state index in [0.29, 0.717) is 18.0 Å². The number of carbonyl (C=O) groups is 3. The van der Waals surface area contributed by atoms with Gasteiger partial charge in [0.25, 0.3) is 0 Å². The van der Waals surface area contributed by atoms with Crippen LogP contribution in [0.2, 0.25) is 0 Å². The van der Waals surface area contributed by atoms with Gasteiger partial charge in [-0.1, -0.05) is 12.2 Å². The summed E-state index contributed by atoms with van der Waals surface area (Å²) < 4.78 is 4.68. The maximum absolute atomic E-state index is 12.5. The van der Waals surface area contributed by atoms with E-state index in [9.17, 15) is 14.4 Å². The summed E-state index contributed by atoms with van der Waals surface area (Å²) in [5.41, 5.74) is 0. The van der Waals surface area contributed by atoms with E-state index in [4.69, 9.17) is 0 Å². The lowest BCUT2D eigenvalue weighted by Crippen LogP contribution is -2.31. The molecule has 0 spiro atoms.